The molecule has 1 atom stereocenters. The number of aliphatic hydroxyl groups is 1. The van der Waals surface area contributed by atoms with E-state index in [9.17, 15) is 5.11 Å². The Morgan fingerprint density at radius 2 is 2.20 bits per heavy atom. The Morgan fingerprint density at radius 1 is 1.45 bits per heavy atom. The highest BCUT2D eigenvalue weighted by atomic mass is 16.3. The third-order valence-electron chi connectivity index (χ3n) is 3.50. The van der Waals surface area contributed by atoms with E-state index < -0.39 is 0 Å². The zero-order chi connectivity index (χ0) is 14.5. The van der Waals surface area contributed by atoms with Gasteiger partial charge in [0, 0.05) is 32.1 Å². The normalized spacial score (nSPS) is 16.0. The topological polar surface area (TPSA) is 61.3 Å². The Hall–Kier alpha value is -1.36. The lowest BCUT2D eigenvalue weighted by Gasteiger charge is -2.20. The molecule has 0 spiro atoms. The van der Waals surface area contributed by atoms with Crippen LogP contribution in [0.3, 0.4) is 0 Å². The summed E-state index contributed by atoms with van der Waals surface area (Å²) >= 11 is 0. The number of hydrogen-bond donors (Lipinski definition) is 2. The van der Waals surface area contributed by atoms with Crippen LogP contribution in [0.1, 0.15) is 51.3 Å². The van der Waals surface area contributed by atoms with E-state index in [1.165, 1.54) is 12.8 Å². The van der Waals surface area contributed by atoms with Gasteiger partial charge in [0.1, 0.15) is 17.5 Å². The molecular weight excluding hydrogens is 252 g/mol. The minimum atomic E-state index is -0.278. The zero-order valence-electron chi connectivity index (χ0n) is 12.8. The second kappa shape index (κ2) is 6.88. The first kappa shape index (κ1) is 15.0. The van der Waals surface area contributed by atoms with Crippen molar-refractivity contribution in [3.05, 3.63) is 11.9 Å². The highest BCUT2D eigenvalue weighted by Gasteiger charge is 2.27. The lowest BCUT2D eigenvalue weighted by Crippen LogP contribution is -2.23. The van der Waals surface area contributed by atoms with Gasteiger partial charge in [0.15, 0.2) is 0 Å². The van der Waals surface area contributed by atoms with Crippen molar-refractivity contribution < 1.29 is 5.11 Å². The molecule has 5 nitrogen and oxygen atoms in total. The summed E-state index contributed by atoms with van der Waals surface area (Å²) in [5.41, 5.74) is 0. The van der Waals surface area contributed by atoms with Gasteiger partial charge in [-0.2, -0.15) is 0 Å². The van der Waals surface area contributed by atoms with Crippen LogP contribution >= 0.6 is 0 Å². The van der Waals surface area contributed by atoms with E-state index in [2.05, 4.69) is 27.1 Å². The lowest BCUT2D eigenvalue weighted by molar-refractivity contribution is 0.187. The molecule has 0 bridgehead atoms. The highest BCUT2D eigenvalue weighted by molar-refractivity contribution is 5.49. The van der Waals surface area contributed by atoms with Crippen molar-refractivity contribution in [3.8, 4) is 0 Å². The summed E-state index contributed by atoms with van der Waals surface area (Å²) in [5, 5.41) is 12.8. The van der Waals surface area contributed by atoms with Crippen LogP contribution < -0.4 is 10.2 Å². The standard InChI is InChI=1S/C15H26N4O/c1-4-8-16-13-10-14(19(3)9-7-11(2)20)18-15(17-13)12-5-6-12/h10-12,20H,4-9H2,1-3H3,(H,16,17,18). The average Bonchev–Trinajstić information content (AvgIpc) is 3.26. The quantitative estimate of drug-likeness (QED) is 0.764. The molecular formula is C15H26N4O. The molecule has 1 heterocycles. The predicted molar refractivity (Wildman–Crippen MR) is 82.4 cm³/mol. The van der Waals surface area contributed by atoms with Gasteiger partial charge in [-0.3, -0.25) is 0 Å². The van der Waals surface area contributed by atoms with Gasteiger partial charge >= 0.3 is 0 Å². The van der Waals surface area contributed by atoms with Gasteiger partial charge in [0.2, 0.25) is 0 Å². The number of nitrogens with one attached hydrogen (secondary N) is 1. The molecule has 0 saturated heterocycles. The Labute approximate surface area is 121 Å². The minimum Gasteiger partial charge on any atom is -0.393 e. The lowest BCUT2D eigenvalue weighted by atomic mass is 10.2. The minimum absolute atomic E-state index is 0.278. The summed E-state index contributed by atoms with van der Waals surface area (Å²) in [6, 6.07) is 2.00. The molecule has 20 heavy (non-hydrogen) atoms. The number of rotatable bonds is 8. The number of anilines is 2. The van der Waals surface area contributed by atoms with E-state index in [1.807, 2.05) is 20.0 Å². The van der Waals surface area contributed by atoms with Crippen LogP contribution in [0.25, 0.3) is 0 Å². The smallest absolute Gasteiger partial charge is 0.136 e. The van der Waals surface area contributed by atoms with E-state index in [4.69, 9.17) is 0 Å². The molecule has 1 fully saturated rings. The van der Waals surface area contributed by atoms with E-state index in [1.54, 1.807) is 0 Å². The van der Waals surface area contributed by atoms with E-state index in [0.29, 0.717) is 5.92 Å². The fraction of sp³-hybridized carbons (Fsp3) is 0.733. The summed E-state index contributed by atoms with van der Waals surface area (Å²) in [4.78, 5) is 11.4. The molecule has 1 aromatic heterocycles. The fourth-order valence-corrected chi connectivity index (χ4v) is 2.01. The maximum atomic E-state index is 9.40. The van der Waals surface area contributed by atoms with Crippen molar-refractivity contribution in [1.82, 2.24) is 9.97 Å². The summed E-state index contributed by atoms with van der Waals surface area (Å²) in [5.74, 6) is 3.37. The van der Waals surface area contributed by atoms with Gasteiger partial charge in [-0.05, 0) is 32.6 Å². The van der Waals surface area contributed by atoms with Crippen molar-refractivity contribution in [1.29, 1.82) is 0 Å². The van der Waals surface area contributed by atoms with Crippen molar-refractivity contribution >= 4 is 11.6 Å². The zero-order valence-corrected chi connectivity index (χ0v) is 12.8. The van der Waals surface area contributed by atoms with Crippen LogP contribution in [0.4, 0.5) is 11.6 Å². The largest absolute Gasteiger partial charge is 0.393 e. The summed E-state index contributed by atoms with van der Waals surface area (Å²) < 4.78 is 0. The second-order valence-electron chi connectivity index (χ2n) is 5.73. The Morgan fingerprint density at radius 3 is 2.80 bits per heavy atom. The molecule has 5 heteroatoms. The van der Waals surface area contributed by atoms with E-state index in [0.717, 1.165) is 43.4 Å². The molecule has 0 aromatic carbocycles. The summed E-state index contributed by atoms with van der Waals surface area (Å²) in [6.07, 6.45) is 3.95. The van der Waals surface area contributed by atoms with Crippen LogP contribution in [-0.2, 0) is 0 Å². The fourth-order valence-electron chi connectivity index (χ4n) is 2.01. The number of aromatic nitrogens is 2. The SMILES string of the molecule is CCCNc1cc(N(C)CCC(C)O)nc(C2CC2)n1. The summed E-state index contributed by atoms with van der Waals surface area (Å²) in [6.45, 7) is 5.69. The van der Waals surface area contributed by atoms with Crippen molar-refractivity contribution in [2.75, 3.05) is 30.4 Å². The van der Waals surface area contributed by atoms with Gasteiger partial charge < -0.3 is 15.3 Å². The average molecular weight is 278 g/mol. The third-order valence-corrected chi connectivity index (χ3v) is 3.50. The number of nitrogens with zero attached hydrogens (tertiary/aromatic N) is 3. The second-order valence-corrected chi connectivity index (χ2v) is 5.73. The number of aliphatic hydroxyl groups excluding tert-OH is 1. The van der Waals surface area contributed by atoms with Gasteiger partial charge in [0.05, 0.1) is 6.10 Å². The van der Waals surface area contributed by atoms with Gasteiger partial charge in [-0.15, -0.1) is 0 Å². The molecule has 1 unspecified atom stereocenters. The molecule has 2 rings (SSSR count). The van der Waals surface area contributed by atoms with Gasteiger partial charge in [-0.1, -0.05) is 6.92 Å². The first-order valence-electron chi connectivity index (χ1n) is 7.62. The van der Waals surface area contributed by atoms with Crippen molar-refractivity contribution in [2.45, 2.75) is 51.6 Å². The monoisotopic (exact) mass is 278 g/mol. The molecule has 0 aliphatic heterocycles. The molecule has 0 amide bonds. The maximum Gasteiger partial charge on any atom is 0.136 e. The predicted octanol–water partition coefficient (Wildman–Crippen LogP) is 2.38. The molecule has 1 aliphatic rings. The third kappa shape index (κ3) is 4.34. The highest BCUT2D eigenvalue weighted by Crippen LogP contribution is 2.39. The summed E-state index contributed by atoms with van der Waals surface area (Å²) in [7, 11) is 2.02. The maximum absolute atomic E-state index is 9.40. The van der Waals surface area contributed by atoms with Gasteiger partial charge in [-0.25, -0.2) is 9.97 Å². The molecule has 1 saturated carbocycles. The van der Waals surface area contributed by atoms with Gasteiger partial charge in [0.25, 0.3) is 0 Å². The van der Waals surface area contributed by atoms with Crippen molar-refractivity contribution in [3.63, 3.8) is 0 Å². The van der Waals surface area contributed by atoms with Crippen molar-refractivity contribution in [2.24, 2.45) is 0 Å². The van der Waals surface area contributed by atoms with Crippen LogP contribution in [0, 0.1) is 0 Å². The van der Waals surface area contributed by atoms with Crippen LogP contribution in [0.15, 0.2) is 6.07 Å². The Bertz CT molecular complexity index is 432. The van der Waals surface area contributed by atoms with Crippen LogP contribution in [-0.4, -0.2) is 41.3 Å². The Balaban J connectivity index is 2.10. The molecule has 1 aliphatic carbocycles. The molecule has 2 N–H and O–H groups in total. The van der Waals surface area contributed by atoms with E-state index >= 15 is 0 Å². The van der Waals surface area contributed by atoms with Crippen LogP contribution in [0.2, 0.25) is 0 Å². The molecule has 1 aromatic rings. The first-order chi connectivity index (χ1) is 9.60. The first-order valence-corrected chi connectivity index (χ1v) is 7.62. The number of hydrogen-bond acceptors (Lipinski definition) is 5. The Kier molecular flexibility index (Phi) is 5.17. The molecule has 0 radical (unpaired) electrons. The van der Waals surface area contributed by atoms with Crippen LogP contribution in [0.5, 0.6) is 0 Å². The molecule has 112 valence electrons. The van der Waals surface area contributed by atoms with E-state index in [-0.39, 0.29) is 6.10 Å².